The minimum Gasteiger partial charge on any atom is -0.461 e. The van der Waals surface area contributed by atoms with E-state index in [-0.39, 0.29) is 18.0 Å². The minimum atomic E-state index is -1.58. The van der Waals surface area contributed by atoms with E-state index >= 15 is 0 Å². The second kappa shape index (κ2) is 7.27. The van der Waals surface area contributed by atoms with Gasteiger partial charge in [0.05, 0.1) is 18.5 Å². The van der Waals surface area contributed by atoms with Gasteiger partial charge in [-0.3, -0.25) is 10.4 Å². The Hall–Kier alpha value is -2.38. The van der Waals surface area contributed by atoms with E-state index in [1.165, 1.54) is 7.05 Å². The molecule has 0 fully saturated rings. The van der Waals surface area contributed by atoms with Crippen molar-refractivity contribution in [3.05, 3.63) is 29.6 Å². The van der Waals surface area contributed by atoms with Gasteiger partial charge in [-0.1, -0.05) is 0 Å². The fourth-order valence-corrected chi connectivity index (χ4v) is 1.20. The Morgan fingerprint density at radius 2 is 1.95 bits per heavy atom. The van der Waals surface area contributed by atoms with Crippen LogP contribution in [0, 0.1) is 17.5 Å². The van der Waals surface area contributed by atoms with Gasteiger partial charge >= 0.3 is 5.97 Å². The third-order valence-electron chi connectivity index (χ3n) is 2.03. The lowest BCUT2D eigenvalue weighted by Gasteiger charge is -2.04. The van der Waals surface area contributed by atoms with E-state index in [0.717, 1.165) is 6.21 Å². The van der Waals surface area contributed by atoms with Crippen molar-refractivity contribution in [1.82, 2.24) is 0 Å². The molecule has 0 unspecified atom stereocenters. The Balaban J connectivity index is 2.95. The van der Waals surface area contributed by atoms with Gasteiger partial charge in [0, 0.05) is 19.2 Å². The zero-order valence-electron chi connectivity index (χ0n) is 10.8. The van der Waals surface area contributed by atoms with Crippen molar-refractivity contribution in [3.63, 3.8) is 0 Å². The number of ether oxygens (including phenoxy) is 1. The zero-order valence-corrected chi connectivity index (χ0v) is 10.8. The SMILES string of the molecule is CCOC(=O)C(/C=N\C)=N/Nc1cc(F)c(F)c(F)c1. The lowest BCUT2D eigenvalue weighted by molar-refractivity contribution is -0.134. The second-order valence-corrected chi connectivity index (χ2v) is 3.47. The monoisotopic (exact) mass is 287 g/mol. The first-order valence-electron chi connectivity index (χ1n) is 5.57. The van der Waals surface area contributed by atoms with Gasteiger partial charge in [0.25, 0.3) is 0 Å². The van der Waals surface area contributed by atoms with Crippen molar-refractivity contribution < 1.29 is 22.7 Å². The molecule has 0 aromatic heterocycles. The highest BCUT2D eigenvalue weighted by Gasteiger charge is 2.12. The summed E-state index contributed by atoms with van der Waals surface area (Å²) in [6.07, 6.45) is 1.11. The molecule has 0 aliphatic rings. The third-order valence-corrected chi connectivity index (χ3v) is 2.03. The molecule has 0 saturated heterocycles. The van der Waals surface area contributed by atoms with E-state index in [1.54, 1.807) is 6.92 Å². The maximum Gasteiger partial charge on any atom is 0.360 e. The summed E-state index contributed by atoms with van der Waals surface area (Å²) in [5.74, 6) is -5.08. The molecule has 0 bridgehead atoms. The first-order chi connectivity index (χ1) is 9.49. The van der Waals surface area contributed by atoms with E-state index in [9.17, 15) is 18.0 Å². The van der Waals surface area contributed by atoms with E-state index in [0.29, 0.717) is 12.1 Å². The maximum atomic E-state index is 13.0. The van der Waals surface area contributed by atoms with Crippen LogP contribution in [0.5, 0.6) is 0 Å². The van der Waals surface area contributed by atoms with Gasteiger partial charge in [0.1, 0.15) is 0 Å². The van der Waals surface area contributed by atoms with Gasteiger partial charge in [-0.25, -0.2) is 18.0 Å². The first-order valence-corrected chi connectivity index (χ1v) is 5.57. The number of rotatable bonds is 5. The molecule has 0 amide bonds. The highest BCUT2D eigenvalue weighted by molar-refractivity contribution is 6.59. The van der Waals surface area contributed by atoms with Crippen LogP contribution in [-0.2, 0) is 9.53 Å². The molecule has 20 heavy (non-hydrogen) atoms. The molecular formula is C12H12F3N3O2. The predicted octanol–water partition coefficient (Wildman–Crippen LogP) is 2.14. The molecule has 0 aliphatic carbocycles. The number of carbonyl (C=O) groups is 1. The number of anilines is 1. The smallest absolute Gasteiger partial charge is 0.360 e. The summed E-state index contributed by atoms with van der Waals surface area (Å²) >= 11 is 0. The van der Waals surface area contributed by atoms with Crippen LogP contribution < -0.4 is 5.43 Å². The van der Waals surface area contributed by atoms with Gasteiger partial charge < -0.3 is 4.74 Å². The Morgan fingerprint density at radius 3 is 2.45 bits per heavy atom. The molecule has 0 spiro atoms. The van der Waals surface area contributed by atoms with Gasteiger partial charge in [0.15, 0.2) is 23.2 Å². The Kier molecular flexibility index (Phi) is 5.70. The molecule has 0 radical (unpaired) electrons. The molecule has 108 valence electrons. The van der Waals surface area contributed by atoms with Crippen LogP contribution in [0.1, 0.15) is 6.92 Å². The van der Waals surface area contributed by atoms with E-state index in [2.05, 4.69) is 15.5 Å². The topological polar surface area (TPSA) is 63.0 Å². The normalized spacial score (nSPS) is 11.8. The molecule has 0 atom stereocenters. The number of aliphatic imine (C=N–C) groups is 1. The largest absolute Gasteiger partial charge is 0.461 e. The minimum absolute atomic E-state index is 0.134. The maximum absolute atomic E-state index is 13.0. The zero-order chi connectivity index (χ0) is 15.1. The molecule has 0 aliphatic heterocycles. The van der Waals surface area contributed by atoms with Crippen molar-refractivity contribution in [1.29, 1.82) is 0 Å². The number of carbonyl (C=O) groups excluding carboxylic acids is 1. The fraction of sp³-hybridized carbons (Fsp3) is 0.250. The number of hydrogen-bond donors (Lipinski definition) is 1. The summed E-state index contributed by atoms with van der Waals surface area (Å²) in [5.41, 5.74) is 1.87. The summed E-state index contributed by atoms with van der Waals surface area (Å²) in [6, 6.07) is 1.40. The molecular weight excluding hydrogens is 275 g/mol. The van der Waals surface area contributed by atoms with Crippen LogP contribution in [0.15, 0.2) is 22.2 Å². The number of halogens is 3. The summed E-state index contributed by atoms with van der Waals surface area (Å²) in [4.78, 5) is 15.0. The van der Waals surface area contributed by atoms with Crippen LogP contribution in [-0.4, -0.2) is 31.6 Å². The lowest BCUT2D eigenvalue weighted by atomic mass is 10.3. The van der Waals surface area contributed by atoms with Crippen molar-refractivity contribution in [2.45, 2.75) is 6.92 Å². The highest BCUT2D eigenvalue weighted by Crippen LogP contribution is 2.17. The average Bonchev–Trinajstić information content (AvgIpc) is 2.40. The summed E-state index contributed by atoms with van der Waals surface area (Å²) in [5, 5.41) is 3.60. The highest BCUT2D eigenvalue weighted by atomic mass is 19.2. The Bertz CT molecular complexity index is 536. The van der Waals surface area contributed by atoms with Crippen LogP contribution in [0.2, 0.25) is 0 Å². The average molecular weight is 287 g/mol. The summed E-state index contributed by atoms with van der Waals surface area (Å²) < 4.78 is 43.4. The number of benzene rings is 1. The second-order valence-electron chi connectivity index (χ2n) is 3.47. The summed E-state index contributed by atoms with van der Waals surface area (Å²) in [6.45, 7) is 1.74. The van der Waals surface area contributed by atoms with Crippen LogP contribution in [0.3, 0.4) is 0 Å². The number of hydrogen-bond acceptors (Lipinski definition) is 5. The molecule has 1 aromatic carbocycles. The van der Waals surface area contributed by atoms with Crippen molar-refractivity contribution >= 4 is 23.6 Å². The van der Waals surface area contributed by atoms with Gasteiger partial charge in [-0.05, 0) is 6.92 Å². The van der Waals surface area contributed by atoms with E-state index in [4.69, 9.17) is 4.74 Å². The molecule has 0 heterocycles. The Labute approximate surface area is 113 Å². The summed E-state index contributed by atoms with van der Waals surface area (Å²) in [7, 11) is 1.41. The lowest BCUT2D eigenvalue weighted by Crippen LogP contribution is -2.20. The number of nitrogens with one attached hydrogen (secondary N) is 1. The van der Waals surface area contributed by atoms with Crippen molar-refractivity contribution in [3.8, 4) is 0 Å². The van der Waals surface area contributed by atoms with Crippen molar-refractivity contribution in [2.24, 2.45) is 10.1 Å². The molecule has 0 saturated carbocycles. The first kappa shape index (κ1) is 15.7. The van der Waals surface area contributed by atoms with Crippen molar-refractivity contribution in [2.75, 3.05) is 19.1 Å². The standard InChI is InChI=1S/C12H12F3N3O2/c1-3-20-12(19)10(6-16-2)18-17-7-4-8(13)11(15)9(14)5-7/h4-6,17H,3H2,1-2H3/b16-6-,18-10+. The number of esters is 1. The molecule has 1 aromatic rings. The molecule has 8 heteroatoms. The molecule has 1 rings (SSSR count). The quantitative estimate of drug-likeness (QED) is 0.390. The molecule has 5 nitrogen and oxygen atoms in total. The van der Waals surface area contributed by atoms with Gasteiger partial charge in [-0.2, -0.15) is 5.10 Å². The Morgan fingerprint density at radius 1 is 1.35 bits per heavy atom. The predicted molar refractivity (Wildman–Crippen MR) is 68.4 cm³/mol. The van der Waals surface area contributed by atoms with Crippen LogP contribution in [0.25, 0.3) is 0 Å². The number of hydrazone groups is 1. The third kappa shape index (κ3) is 4.08. The molecule has 1 N–H and O–H groups in total. The van der Waals surface area contributed by atoms with Crippen LogP contribution >= 0.6 is 0 Å². The number of nitrogens with zero attached hydrogens (tertiary/aromatic N) is 2. The van der Waals surface area contributed by atoms with E-state index < -0.39 is 23.4 Å². The van der Waals surface area contributed by atoms with Gasteiger partial charge in [0.2, 0.25) is 0 Å². The fourth-order valence-electron chi connectivity index (χ4n) is 1.20. The van der Waals surface area contributed by atoms with Crippen LogP contribution in [0.4, 0.5) is 18.9 Å². The van der Waals surface area contributed by atoms with Gasteiger partial charge in [-0.15, -0.1) is 0 Å². The van der Waals surface area contributed by atoms with E-state index in [1.807, 2.05) is 0 Å².